The summed E-state index contributed by atoms with van der Waals surface area (Å²) in [5, 5.41) is 7.05. The van der Waals surface area contributed by atoms with Gasteiger partial charge in [-0.3, -0.25) is 9.59 Å². The number of hydrogen-bond donors (Lipinski definition) is 2. The number of methoxy groups -OCH3 is 1. The van der Waals surface area contributed by atoms with Crippen LogP contribution >= 0.6 is 11.3 Å². The lowest BCUT2D eigenvalue weighted by Gasteiger charge is -2.07. The zero-order valence-electron chi connectivity index (χ0n) is 13.2. The average molecular weight is 346 g/mol. The molecule has 0 bridgehead atoms. The van der Waals surface area contributed by atoms with Crippen LogP contribution in [0.4, 0.5) is 5.69 Å². The topological polar surface area (TPSA) is 84.5 Å². The molecular formula is C17H18N2O4S. The van der Waals surface area contributed by atoms with Gasteiger partial charge in [-0.15, -0.1) is 11.3 Å². The van der Waals surface area contributed by atoms with Gasteiger partial charge in [0.15, 0.2) is 0 Å². The first-order valence-corrected chi connectivity index (χ1v) is 8.24. The average Bonchev–Trinajstić information content (AvgIpc) is 3.03. The van der Waals surface area contributed by atoms with Gasteiger partial charge in [-0.2, -0.15) is 0 Å². The van der Waals surface area contributed by atoms with Crippen LogP contribution in [-0.2, 0) is 20.7 Å². The third kappa shape index (κ3) is 5.20. The summed E-state index contributed by atoms with van der Waals surface area (Å²) in [6.07, 6.45) is 0.399. The Morgan fingerprint density at radius 2 is 1.83 bits per heavy atom. The number of rotatable bonds is 7. The van der Waals surface area contributed by atoms with Crippen LogP contribution in [0.1, 0.15) is 21.7 Å². The lowest BCUT2D eigenvalue weighted by molar-refractivity contribution is -0.120. The van der Waals surface area contributed by atoms with Gasteiger partial charge in [0.1, 0.15) is 4.88 Å². The molecule has 1 aromatic heterocycles. The van der Waals surface area contributed by atoms with Crippen LogP contribution in [0, 0.1) is 0 Å². The van der Waals surface area contributed by atoms with Gasteiger partial charge in [0, 0.05) is 13.0 Å². The molecule has 0 unspecified atom stereocenters. The highest BCUT2D eigenvalue weighted by molar-refractivity contribution is 7.12. The van der Waals surface area contributed by atoms with Gasteiger partial charge in [-0.1, -0.05) is 30.3 Å². The zero-order chi connectivity index (χ0) is 17.4. The Hall–Kier alpha value is -2.67. The predicted octanol–water partition coefficient (Wildman–Crippen LogP) is 2.22. The summed E-state index contributed by atoms with van der Waals surface area (Å²) in [6.45, 7) is 0.231. The lowest BCUT2D eigenvalue weighted by atomic mass is 10.1. The van der Waals surface area contributed by atoms with E-state index < -0.39 is 5.97 Å². The van der Waals surface area contributed by atoms with E-state index in [4.69, 9.17) is 0 Å². The molecule has 0 aliphatic heterocycles. The SMILES string of the molecule is COC(=O)c1sccc1NC(=O)CCNC(=O)Cc1ccccc1. The number of anilines is 1. The Labute approximate surface area is 143 Å². The van der Waals surface area contributed by atoms with Crippen molar-refractivity contribution >= 4 is 34.8 Å². The molecule has 126 valence electrons. The minimum Gasteiger partial charge on any atom is -0.465 e. The van der Waals surface area contributed by atoms with E-state index in [1.165, 1.54) is 18.4 Å². The Balaban J connectivity index is 1.75. The molecule has 1 aromatic carbocycles. The number of hydrogen-bond acceptors (Lipinski definition) is 5. The van der Waals surface area contributed by atoms with E-state index in [0.29, 0.717) is 10.6 Å². The molecule has 6 nitrogen and oxygen atoms in total. The smallest absolute Gasteiger partial charge is 0.350 e. The highest BCUT2D eigenvalue weighted by Gasteiger charge is 2.15. The van der Waals surface area contributed by atoms with Crippen molar-refractivity contribution in [1.82, 2.24) is 5.32 Å². The number of carbonyl (C=O) groups excluding carboxylic acids is 3. The maximum absolute atomic E-state index is 11.9. The van der Waals surface area contributed by atoms with E-state index >= 15 is 0 Å². The minimum absolute atomic E-state index is 0.122. The highest BCUT2D eigenvalue weighted by Crippen LogP contribution is 2.23. The lowest BCUT2D eigenvalue weighted by Crippen LogP contribution is -2.29. The van der Waals surface area contributed by atoms with Crippen molar-refractivity contribution in [3.8, 4) is 0 Å². The van der Waals surface area contributed by atoms with Gasteiger partial charge in [0.25, 0.3) is 0 Å². The first-order chi connectivity index (χ1) is 11.6. The van der Waals surface area contributed by atoms with Crippen LogP contribution in [0.25, 0.3) is 0 Å². The third-order valence-electron chi connectivity index (χ3n) is 3.19. The standard InChI is InChI=1S/C17H18N2O4S/c1-23-17(22)16-13(8-10-24-16)19-14(20)7-9-18-15(21)11-12-5-3-2-4-6-12/h2-6,8,10H,7,9,11H2,1H3,(H,18,21)(H,19,20). The van der Waals surface area contributed by atoms with Crippen LogP contribution in [-0.4, -0.2) is 31.4 Å². The molecule has 0 atom stereocenters. The van der Waals surface area contributed by atoms with Crippen LogP contribution in [0.15, 0.2) is 41.8 Å². The second-order valence-corrected chi connectivity index (χ2v) is 5.88. The molecule has 0 aliphatic carbocycles. The Morgan fingerprint density at radius 1 is 1.08 bits per heavy atom. The number of amides is 2. The molecule has 0 fully saturated rings. The first-order valence-electron chi connectivity index (χ1n) is 7.36. The maximum Gasteiger partial charge on any atom is 0.350 e. The molecule has 2 N–H and O–H groups in total. The summed E-state index contributed by atoms with van der Waals surface area (Å²) in [7, 11) is 1.29. The molecular weight excluding hydrogens is 328 g/mol. The molecule has 2 amide bonds. The summed E-state index contributed by atoms with van der Waals surface area (Å²) >= 11 is 1.20. The van der Waals surface area contributed by atoms with E-state index in [2.05, 4.69) is 15.4 Å². The normalized spacial score (nSPS) is 10.0. The fourth-order valence-electron chi connectivity index (χ4n) is 2.03. The zero-order valence-corrected chi connectivity index (χ0v) is 14.0. The van der Waals surface area contributed by atoms with Crippen LogP contribution in [0.2, 0.25) is 0 Å². The van der Waals surface area contributed by atoms with E-state index in [1.807, 2.05) is 30.3 Å². The van der Waals surface area contributed by atoms with E-state index in [0.717, 1.165) is 5.56 Å². The number of ether oxygens (including phenoxy) is 1. The quantitative estimate of drug-likeness (QED) is 0.753. The van der Waals surface area contributed by atoms with Gasteiger partial charge >= 0.3 is 5.97 Å². The largest absolute Gasteiger partial charge is 0.465 e. The third-order valence-corrected chi connectivity index (χ3v) is 4.09. The van der Waals surface area contributed by atoms with Crippen molar-refractivity contribution in [2.75, 3.05) is 19.0 Å². The number of carbonyl (C=O) groups is 3. The predicted molar refractivity (Wildman–Crippen MR) is 92.1 cm³/mol. The van der Waals surface area contributed by atoms with Crippen LogP contribution < -0.4 is 10.6 Å². The highest BCUT2D eigenvalue weighted by atomic mass is 32.1. The van der Waals surface area contributed by atoms with Crippen molar-refractivity contribution in [3.63, 3.8) is 0 Å². The Kier molecular flexibility index (Phi) is 6.51. The van der Waals surface area contributed by atoms with Crippen molar-refractivity contribution in [1.29, 1.82) is 0 Å². The van der Waals surface area contributed by atoms with Crippen LogP contribution in [0.3, 0.4) is 0 Å². The van der Waals surface area contributed by atoms with E-state index in [1.54, 1.807) is 11.4 Å². The van der Waals surface area contributed by atoms with Gasteiger partial charge in [-0.05, 0) is 17.0 Å². The van der Waals surface area contributed by atoms with Crippen LogP contribution in [0.5, 0.6) is 0 Å². The number of thiophene rings is 1. The van der Waals surface area contributed by atoms with E-state index in [9.17, 15) is 14.4 Å². The molecule has 24 heavy (non-hydrogen) atoms. The summed E-state index contributed by atoms with van der Waals surface area (Å²) < 4.78 is 4.65. The Bertz CT molecular complexity index is 712. The van der Waals surface area contributed by atoms with Gasteiger partial charge in [-0.25, -0.2) is 4.79 Å². The van der Waals surface area contributed by atoms with E-state index in [-0.39, 0.29) is 31.2 Å². The molecule has 1 heterocycles. The summed E-state index contributed by atoms with van der Waals surface area (Å²) in [6, 6.07) is 11.0. The summed E-state index contributed by atoms with van der Waals surface area (Å²) in [4.78, 5) is 35.6. The molecule has 2 aromatic rings. The van der Waals surface area contributed by atoms with Gasteiger partial charge in [0.2, 0.25) is 11.8 Å². The van der Waals surface area contributed by atoms with Crippen molar-refractivity contribution < 1.29 is 19.1 Å². The molecule has 0 radical (unpaired) electrons. The summed E-state index contributed by atoms with van der Waals surface area (Å²) in [5.74, 6) is -0.908. The Morgan fingerprint density at radius 3 is 2.54 bits per heavy atom. The summed E-state index contributed by atoms with van der Waals surface area (Å²) in [5.41, 5.74) is 1.34. The molecule has 2 rings (SSSR count). The van der Waals surface area contributed by atoms with Gasteiger partial charge < -0.3 is 15.4 Å². The molecule has 0 aliphatic rings. The maximum atomic E-state index is 11.9. The van der Waals surface area contributed by atoms with Crippen molar-refractivity contribution in [3.05, 3.63) is 52.2 Å². The van der Waals surface area contributed by atoms with Crippen molar-refractivity contribution in [2.24, 2.45) is 0 Å². The second kappa shape index (κ2) is 8.83. The minimum atomic E-state index is -0.489. The molecule has 7 heteroatoms. The molecule has 0 saturated carbocycles. The number of esters is 1. The number of benzene rings is 1. The molecule has 0 saturated heterocycles. The second-order valence-electron chi connectivity index (χ2n) is 4.97. The van der Waals surface area contributed by atoms with Crippen molar-refractivity contribution in [2.45, 2.75) is 12.8 Å². The fraction of sp³-hybridized carbons (Fsp3) is 0.235. The number of nitrogens with one attached hydrogen (secondary N) is 2. The fourth-order valence-corrected chi connectivity index (χ4v) is 2.80. The molecule has 0 spiro atoms. The monoisotopic (exact) mass is 346 g/mol. The first kappa shape index (κ1) is 17.7. The van der Waals surface area contributed by atoms with Gasteiger partial charge in [0.05, 0.1) is 19.2 Å².